The molecule has 0 aliphatic heterocycles. The van der Waals surface area contributed by atoms with Gasteiger partial charge in [0, 0.05) is 0 Å². The fourth-order valence-corrected chi connectivity index (χ4v) is 1.93. The second-order valence-electron chi connectivity index (χ2n) is 4.68. The van der Waals surface area contributed by atoms with Gasteiger partial charge >= 0.3 is 0 Å². The molecule has 0 saturated carbocycles. The van der Waals surface area contributed by atoms with Crippen molar-refractivity contribution in [2.75, 3.05) is 20.3 Å². The van der Waals surface area contributed by atoms with Crippen molar-refractivity contribution in [2.24, 2.45) is 0 Å². The molecule has 116 valence electrons. The predicted molar refractivity (Wildman–Crippen MR) is 81.6 cm³/mol. The van der Waals surface area contributed by atoms with Gasteiger partial charge in [0.25, 0.3) is 0 Å². The minimum Gasteiger partial charge on any atom is -0.497 e. The number of methoxy groups -OCH3 is 1. The molecule has 5 heteroatoms. The number of halogens is 1. The third kappa shape index (κ3) is 5.09. The van der Waals surface area contributed by atoms with Crippen LogP contribution < -0.4 is 14.8 Å². The van der Waals surface area contributed by atoms with Crippen molar-refractivity contribution in [3.63, 3.8) is 0 Å². The van der Waals surface area contributed by atoms with Crippen LogP contribution >= 0.6 is 0 Å². The van der Waals surface area contributed by atoms with Gasteiger partial charge in [-0.3, -0.25) is 4.79 Å². The molecule has 0 aliphatic carbocycles. The average Bonchev–Trinajstić information content (AvgIpc) is 2.52. The average molecular weight is 303 g/mol. The first-order chi connectivity index (χ1) is 10.7. The van der Waals surface area contributed by atoms with E-state index in [4.69, 9.17) is 9.47 Å². The fraction of sp³-hybridized carbons (Fsp3) is 0.235. The maximum Gasteiger partial charge on any atom is 0.224 e. The Kier molecular flexibility index (Phi) is 5.77. The zero-order valence-corrected chi connectivity index (χ0v) is 12.3. The van der Waals surface area contributed by atoms with Crippen LogP contribution in [0.2, 0.25) is 0 Å². The SMILES string of the molecule is COc1ccc(OCCNC(=O)Cc2cccc(F)c2)cc1. The molecule has 0 aliphatic rings. The summed E-state index contributed by atoms with van der Waals surface area (Å²) in [6, 6.07) is 13.2. The quantitative estimate of drug-likeness (QED) is 0.800. The van der Waals surface area contributed by atoms with Crippen molar-refractivity contribution in [1.82, 2.24) is 5.32 Å². The third-order valence-electron chi connectivity index (χ3n) is 3.01. The first-order valence-corrected chi connectivity index (χ1v) is 6.95. The Hall–Kier alpha value is -2.56. The Bertz CT molecular complexity index is 614. The number of ether oxygens (including phenoxy) is 2. The number of amides is 1. The number of carbonyl (C=O) groups excluding carboxylic acids is 1. The molecule has 0 saturated heterocycles. The van der Waals surface area contributed by atoms with Crippen molar-refractivity contribution in [2.45, 2.75) is 6.42 Å². The van der Waals surface area contributed by atoms with Gasteiger partial charge in [0.2, 0.25) is 5.91 Å². The van der Waals surface area contributed by atoms with Crippen LogP contribution in [0.25, 0.3) is 0 Å². The molecule has 22 heavy (non-hydrogen) atoms. The number of nitrogens with one attached hydrogen (secondary N) is 1. The lowest BCUT2D eigenvalue weighted by Crippen LogP contribution is -2.29. The van der Waals surface area contributed by atoms with Gasteiger partial charge in [-0.05, 0) is 42.0 Å². The lowest BCUT2D eigenvalue weighted by molar-refractivity contribution is -0.120. The van der Waals surface area contributed by atoms with Gasteiger partial charge in [-0.15, -0.1) is 0 Å². The monoisotopic (exact) mass is 303 g/mol. The van der Waals surface area contributed by atoms with Gasteiger partial charge in [-0.1, -0.05) is 12.1 Å². The minimum absolute atomic E-state index is 0.153. The molecular formula is C17H18FNO3. The Morgan fingerprint density at radius 2 is 1.86 bits per heavy atom. The topological polar surface area (TPSA) is 47.6 Å². The fourth-order valence-electron chi connectivity index (χ4n) is 1.93. The van der Waals surface area contributed by atoms with Gasteiger partial charge in [0.15, 0.2) is 0 Å². The molecule has 0 spiro atoms. The highest BCUT2D eigenvalue weighted by Crippen LogP contribution is 2.16. The zero-order chi connectivity index (χ0) is 15.8. The van der Waals surface area contributed by atoms with Crippen molar-refractivity contribution in [3.05, 3.63) is 59.9 Å². The van der Waals surface area contributed by atoms with Gasteiger partial charge < -0.3 is 14.8 Å². The van der Waals surface area contributed by atoms with E-state index in [1.165, 1.54) is 12.1 Å². The van der Waals surface area contributed by atoms with Gasteiger partial charge in [-0.2, -0.15) is 0 Å². The van der Waals surface area contributed by atoms with Crippen molar-refractivity contribution in [1.29, 1.82) is 0 Å². The molecule has 0 radical (unpaired) electrons. The summed E-state index contributed by atoms with van der Waals surface area (Å²) in [6.07, 6.45) is 0.153. The van der Waals surface area contributed by atoms with Crippen LogP contribution in [0, 0.1) is 5.82 Å². The van der Waals surface area contributed by atoms with Crippen LogP contribution in [0.4, 0.5) is 4.39 Å². The van der Waals surface area contributed by atoms with Gasteiger partial charge in [0.1, 0.15) is 23.9 Å². The van der Waals surface area contributed by atoms with E-state index >= 15 is 0 Å². The van der Waals surface area contributed by atoms with Crippen LogP contribution in [0.3, 0.4) is 0 Å². The van der Waals surface area contributed by atoms with Crippen molar-refractivity contribution in [3.8, 4) is 11.5 Å². The molecule has 0 aromatic heterocycles. The largest absolute Gasteiger partial charge is 0.497 e. The Morgan fingerprint density at radius 3 is 2.55 bits per heavy atom. The molecule has 1 amide bonds. The van der Waals surface area contributed by atoms with E-state index in [0.717, 1.165) is 5.75 Å². The summed E-state index contributed by atoms with van der Waals surface area (Å²) >= 11 is 0. The molecule has 0 atom stereocenters. The number of hydrogen-bond donors (Lipinski definition) is 1. The van der Waals surface area contributed by atoms with E-state index in [1.807, 2.05) is 0 Å². The molecule has 0 fully saturated rings. The van der Waals surface area contributed by atoms with Crippen LogP contribution in [0.15, 0.2) is 48.5 Å². The number of benzene rings is 2. The maximum absolute atomic E-state index is 13.0. The van der Waals surface area contributed by atoms with Crippen LogP contribution in [-0.2, 0) is 11.2 Å². The minimum atomic E-state index is -0.340. The summed E-state index contributed by atoms with van der Waals surface area (Å²) in [4.78, 5) is 11.7. The van der Waals surface area contributed by atoms with Gasteiger partial charge in [-0.25, -0.2) is 4.39 Å². The van der Waals surface area contributed by atoms with Crippen LogP contribution in [0.5, 0.6) is 11.5 Å². The Balaban J connectivity index is 1.68. The summed E-state index contributed by atoms with van der Waals surface area (Å²) in [7, 11) is 1.60. The maximum atomic E-state index is 13.0. The normalized spacial score (nSPS) is 10.1. The molecule has 2 rings (SSSR count). The number of rotatable bonds is 7. The lowest BCUT2D eigenvalue weighted by atomic mass is 10.1. The first-order valence-electron chi connectivity index (χ1n) is 6.95. The molecule has 2 aromatic carbocycles. The molecule has 4 nitrogen and oxygen atoms in total. The highest BCUT2D eigenvalue weighted by atomic mass is 19.1. The second kappa shape index (κ2) is 8.02. The number of hydrogen-bond acceptors (Lipinski definition) is 3. The molecule has 2 aromatic rings. The summed E-state index contributed by atoms with van der Waals surface area (Å²) in [5.41, 5.74) is 0.647. The van der Waals surface area contributed by atoms with E-state index in [9.17, 15) is 9.18 Å². The molecule has 0 heterocycles. The first kappa shape index (κ1) is 15.8. The Labute approximate surface area is 128 Å². The summed E-state index contributed by atoms with van der Waals surface area (Å²) < 4.78 is 23.6. The highest BCUT2D eigenvalue weighted by molar-refractivity contribution is 5.78. The van der Waals surface area contributed by atoms with E-state index < -0.39 is 0 Å². The van der Waals surface area contributed by atoms with E-state index in [0.29, 0.717) is 24.5 Å². The summed E-state index contributed by atoms with van der Waals surface area (Å²) in [5.74, 6) is 0.966. The third-order valence-corrected chi connectivity index (χ3v) is 3.01. The molecule has 0 unspecified atom stereocenters. The highest BCUT2D eigenvalue weighted by Gasteiger charge is 2.04. The Morgan fingerprint density at radius 1 is 1.14 bits per heavy atom. The van der Waals surface area contributed by atoms with Crippen molar-refractivity contribution < 1.29 is 18.7 Å². The lowest BCUT2D eigenvalue weighted by Gasteiger charge is -2.08. The van der Waals surface area contributed by atoms with Crippen molar-refractivity contribution >= 4 is 5.91 Å². The second-order valence-corrected chi connectivity index (χ2v) is 4.68. The van der Waals surface area contributed by atoms with Crippen LogP contribution in [-0.4, -0.2) is 26.2 Å². The standard InChI is InChI=1S/C17H18FNO3/c1-21-15-5-7-16(8-6-15)22-10-9-19-17(20)12-13-3-2-4-14(18)11-13/h2-8,11H,9-10,12H2,1H3,(H,19,20). The molecular weight excluding hydrogens is 285 g/mol. The summed E-state index contributed by atoms with van der Waals surface area (Å²) in [6.45, 7) is 0.751. The van der Waals surface area contributed by atoms with E-state index in [-0.39, 0.29) is 18.1 Å². The summed E-state index contributed by atoms with van der Waals surface area (Å²) in [5, 5.41) is 2.73. The molecule has 1 N–H and O–H groups in total. The number of carbonyl (C=O) groups is 1. The predicted octanol–water partition coefficient (Wildman–Crippen LogP) is 2.57. The van der Waals surface area contributed by atoms with E-state index in [1.54, 1.807) is 43.5 Å². The zero-order valence-electron chi connectivity index (χ0n) is 12.3. The smallest absolute Gasteiger partial charge is 0.224 e. The van der Waals surface area contributed by atoms with Gasteiger partial charge in [0.05, 0.1) is 20.1 Å². The molecule has 0 bridgehead atoms. The van der Waals surface area contributed by atoms with Crippen LogP contribution in [0.1, 0.15) is 5.56 Å². The van der Waals surface area contributed by atoms with E-state index in [2.05, 4.69) is 5.32 Å².